The highest BCUT2D eigenvalue weighted by atomic mass is 35.5. The molecular weight excluding hydrogens is 535 g/mol. The summed E-state index contributed by atoms with van der Waals surface area (Å²) in [5, 5.41) is 12.7. The van der Waals surface area contributed by atoms with Crippen LogP contribution in [0.15, 0.2) is 48.7 Å². The van der Waals surface area contributed by atoms with Gasteiger partial charge in [0.25, 0.3) is 5.79 Å². The third-order valence-electron chi connectivity index (χ3n) is 8.10. The number of para-hydroxylation sites is 1. The molecule has 0 spiro atoms. The van der Waals surface area contributed by atoms with Crippen LogP contribution in [-0.2, 0) is 23.7 Å². The quantitative estimate of drug-likeness (QED) is 0.370. The molecule has 0 amide bonds. The number of aliphatic carboxylic acids is 1. The maximum absolute atomic E-state index is 14.8. The molecule has 2 aromatic carbocycles. The van der Waals surface area contributed by atoms with E-state index >= 15 is 0 Å². The molecule has 1 atom stereocenters. The third-order valence-corrected chi connectivity index (χ3v) is 8.33. The molecule has 6 rings (SSSR count). The van der Waals surface area contributed by atoms with Crippen LogP contribution < -0.4 is 14.8 Å². The molecule has 2 saturated heterocycles. The first kappa shape index (κ1) is 26.8. The van der Waals surface area contributed by atoms with Gasteiger partial charge in [0.15, 0.2) is 11.5 Å². The van der Waals surface area contributed by atoms with Gasteiger partial charge in [0.05, 0.1) is 24.0 Å². The topological polar surface area (TPSA) is 88.9 Å². The second-order valence-electron chi connectivity index (χ2n) is 10.9. The Balaban J connectivity index is 1.14. The number of carboxylic acid groups (broad SMARTS) is 1. The summed E-state index contributed by atoms with van der Waals surface area (Å²) in [5.41, 5.74) is 2.20. The minimum atomic E-state index is -1.27. The van der Waals surface area contributed by atoms with Crippen LogP contribution >= 0.6 is 11.6 Å². The summed E-state index contributed by atoms with van der Waals surface area (Å²) < 4.78 is 29.4. The summed E-state index contributed by atoms with van der Waals surface area (Å²) >= 11 is 5.96. The molecular formula is C30H32ClFN4O4. The van der Waals surface area contributed by atoms with Crippen molar-refractivity contribution in [2.45, 2.75) is 44.6 Å². The lowest BCUT2D eigenvalue weighted by molar-refractivity contribution is -0.131. The van der Waals surface area contributed by atoms with Crippen LogP contribution in [0, 0.1) is 11.7 Å². The van der Waals surface area contributed by atoms with Crippen LogP contribution in [0.4, 0.5) is 4.39 Å². The van der Waals surface area contributed by atoms with Gasteiger partial charge in [-0.15, -0.1) is 0 Å². The second-order valence-corrected chi connectivity index (χ2v) is 11.3. The largest absolute Gasteiger partial charge is 0.478 e. The molecule has 1 aromatic heterocycles. The van der Waals surface area contributed by atoms with Gasteiger partial charge < -0.3 is 24.5 Å². The Morgan fingerprint density at radius 3 is 2.75 bits per heavy atom. The lowest BCUT2D eigenvalue weighted by Gasteiger charge is -2.33. The van der Waals surface area contributed by atoms with Crippen molar-refractivity contribution in [1.29, 1.82) is 0 Å². The molecule has 40 heavy (non-hydrogen) atoms. The summed E-state index contributed by atoms with van der Waals surface area (Å²) in [4.78, 5) is 18.1. The van der Waals surface area contributed by atoms with Crippen LogP contribution in [0.2, 0.25) is 5.02 Å². The Morgan fingerprint density at radius 2 is 2.05 bits per heavy atom. The zero-order valence-electron chi connectivity index (χ0n) is 22.3. The average molecular weight is 567 g/mol. The van der Waals surface area contributed by atoms with Crippen molar-refractivity contribution in [1.82, 2.24) is 19.8 Å². The van der Waals surface area contributed by atoms with E-state index in [4.69, 9.17) is 26.2 Å². The third kappa shape index (κ3) is 5.33. The Kier molecular flexibility index (Phi) is 7.29. The van der Waals surface area contributed by atoms with Gasteiger partial charge in [-0.25, -0.2) is 14.2 Å². The number of ether oxygens (including phenoxy) is 2. The summed E-state index contributed by atoms with van der Waals surface area (Å²) in [6.45, 7) is 6.94. The van der Waals surface area contributed by atoms with Crippen LogP contribution in [0.25, 0.3) is 6.08 Å². The fraction of sp³-hybridized carbons (Fsp3) is 0.400. The number of rotatable bonds is 8. The van der Waals surface area contributed by atoms with Crippen LogP contribution in [-0.4, -0.2) is 51.7 Å². The van der Waals surface area contributed by atoms with E-state index in [1.807, 2.05) is 12.1 Å². The molecule has 3 aliphatic rings. The average Bonchev–Trinajstić information content (AvgIpc) is 3.45. The van der Waals surface area contributed by atoms with Crippen LogP contribution in [0.3, 0.4) is 0 Å². The number of hydrogen-bond donors (Lipinski definition) is 2. The highest BCUT2D eigenvalue weighted by Crippen LogP contribution is 2.49. The summed E-state index contributed by atoms with van der Waals surface area (Å²) in [7, 11) is 0. The number of benzene rings is 2. The standard InChI is InChI=1S/C30H32ClFN4O4/c1-30(24-7-5-21(31)13-25(24)32)39-26-4-2-3-23(29(26)40-30)20-9-11-35(12-10-20)18-27-34-16-22(6-8-28(37)38)36(27)17-19-14-33-15-19/h2-8,13,16,19-20,33H,9-12,14-15,17-18H2,1H3,(H,37,38)/b8-6+. The SMILES string of the molecule is CC1(c2ccc(Cl)cc2F)Oc2cccc(C3CCN(Cc4ncc(/C=C/C(=O)O)n4CC4CNC4)CC3)c2O1. The van der Waals surface area contributed by atoms with Gasteiger partial charge in [0, 0.05) is 49.1 Å². The molecule has 0 aliphatic carbocycles. The number of carboxylic acids is 1. The van der Waals surface area contributed by atoms with Crippen molar-refractivity contribution in [3.05, 3.63) is 82.2 Å². The zero-order chi connectivity index (χ0) is 27.9. The Labute approximate surface area is 237 Å². The van der Waals surface area contributed by atoms with E-state index in [-0.39, 0.29) is 5.92 Å². The zero-order valence-corrected chi connectivity index (χ0v) is 23.0. The van der Waals surface area contributed by atoms with Gasteiger partial charge in [-0.3, -0.25) is 4.90 Å². The van der Waals surface area contributed by atoms with E-state index in [0.29, 0.717) is 34.5 Å². The van der Waals surface area contributed by atoms with Crippen molar-refractivity contribution in [2.75, 3.05) is 26.2 Å². The predicted octanol–water partition coefficient (Wildman–Crippen LogP) is 5.02. The monoisotopic (exact) mass is 566 g/mol. The molecule has 0 radical (unpaired) electrons. The smallest absolute Gasteiger partial charge is 0.328 e. The van der Waals surface area contributed by atoms with Crippen molar-refractivity contribution in [2.24, 2.45) is 5.92 Å². The minimum absolute atomic E-state index is 0.280. The van der Waals surface area contributed by atoms with Crippen LogP contribution in [0.5, 0.6) is 11.5 Å². The first-order chi connectivity index (χ1) is 19.3. The van der Waals surface area contributed by atoms with E-state index in [2.05, 4.69) is 25.8 Å². The van der Waals surface area contributed by atoms with Crippen molar-refractivity contribution < 1.29 is 23.8 Å². The first-order valence-corrected chi connectivity index (χ1v) is 14.0. The van der Waals surface area contributed by atoms with E-state index in [9.17, 15) is 9.18 Å². The maximum Gasteiger partial charge on any atom is 0.328 e. The number of hydrogen-bond acceptors (Lipinski definition) is 6. The predicted molar refractivity (Wildman–Crippen MR) is 149 cm³/mol. The molecule has 3 aromatic rings. The number of likely N-dealkylation sites (tertiary alicyclic amines) is 1. The lowest BCUT2D eigenvalue weighted by Crippen LogP contribution is -2.44. The van der Waals surface area contributed by atoms with Gasteiger partial charge >= 0.3 is 5.97 Å². The van der Waals surface area contributed by atoms with E-state index in [0.717, 1.165) is 68.7 Å². The lowest BCUT2D eigenvalue weighted by atomic mass is 9.88. The van der Waals surface area contributed by atoms with E-state index < -0.39 is 17.6 Å². The summed E-state index contributed by atoms with van der Waals surface area (Å²) in [5.74, 6) is 0.339. The maximum atomic E-state index is 14.8. The number of nitrogens with zero attached hydrogens (tertiary/aromatic N) is 3. The number of carbonyl (C=O) groups is 1. The summed E-state index contributed by atoms with van der Waals surface area (Å²) in [6.07, 6.45) is 6.42. The second kappa shape index (κ2) is 10.9. The van der Waals surface area contributed by atoms with Gasteiger partial charge in [0.1, 0.15) is 11.6 Å². The molecule has 8 nitrogen and oxygen atoms in total. The molecule has 1 unspecified atom stereocenters. The molecule has 4 heterocycles. The Hall–Kier alpha value is -3.40. The van der Waals surface area contributed by atoms with E-state index in [1.165, 1.54) is 6.07 Å². The molecule has 10 heteroatoms. The summed E-state index contributed by atoms with van der Waals surface area (Å²) in [6, 6.07) is 10.4. The number of piperidine rings is 1. The van der Waals surface area contributed by atoms with Gasteiger partial charge in [-0.05, 0) is 62.2 Å². The highest BCUT2D eigenvalue weighted by Gasteiger charge is 2.43. The first-order valence-electron chi connectivity index (χ1n) is 13.6. The highest BCUT2D eigenvalue weighted by molar-refractivity contribution is 6.30. The number of imidazole rings is 1. The van der Waals surface area contributed by atoms with Gasteiger partial charge in [0.2, 0.25) is 0 Å². The molecule has 2 N–H and O–H groups in total. The molecule has 3 aliphatic heterocycles. The van der Waals surface area contributed by atoms with Gasteiger partial charge in [-0.2, -0.15) is 0 Å². The molecule has 0 saturated carbocycles. The fourth-order valence-electron chi connectivity index (χ4n) is 5.83. The Bertz CT molecular complexity index is 1450. The number of nitrogens with one attached hydrogen (secondary N) is 1. The van der Waals surface area contributed by atoms with Crippen molar-refractivity contribution >= 4 is 23.6 Å². The number of fused-ring (bicyclic) bond motifs is 1. The Morgan fingerprint density at radius 1 is 1.25 bits per heavy atom. The fourth-order valence-corrected chi connectivity index (χ4v) is 5.99. The van der Waals surface area contributed by atoms with Crippen molar-refractivity contribution in [3.63, 3.8) is 0 Å². The number of aromatic nitrogens is 2. The van der Waals surface area contributed by atoms with E-state index in [1.54, 1.807) is 31.3 Å². The van der Waals surface area contributed by atoms with Crippen LogP contribution in [0.1, 0.15) is 48.3 Å². The number of halogens is 2. The molecule has 2 fully saturated rings. The molecule has 0 bridgehead atoms. The minimum Gasteiger partial charge on any atom is -0.478 e. The van der Waals surface area contributed by atoms with Gasteiger partial charge in [-0.1, -0.05) is 23.7 Å². The normalized spacial score (nSPS) is 21.7. The van der Waals surface area contributed by atoms with Crippen molar-refractivity contribution in [3.8, 4) is 11.5 Å². The molecule has 210 valence electrons.